The van der Waals surface area contributed by atoms with Crippen molar-refractivity contribution in [3.63, 3.8) is 0 Å². The molecule has 0 amide bonds. The number of pyridine rings is 1. The van der Waals surface area contributed by atoms with Gasteiger partial charge in [0.15, 0.2) is 0 Å². The van der Waals surface area contributed by atoms with E-state index in [9.17, 15) is 0 Å². The third-order valence-electron chi connectivity index (χ3n) is 1.60. The fourth-order valence-electron chi connectivity index (χ4n) is 0.805. The highest BCUT2D eigenvalue weighted by Gasteiger charge is 2.00. The van der Waals surface area contributed by atoms with Crippen LogP contribution in [0.2, 0.25) is 5.15 Å². The lowest BCUT2D eigenvalue weighted by Crippen LogP contribution is -2.08. The van der Waals surface area contributed by atoms with Crippen molar-refractivity contribution < 1.29 is 0 Å². The highest BCUT2D eigenvalue weighted by Crippen LogP contribution is 2.14. The first-order valence-electron chi connectivity index (χ1n) is 3.59. The average Bonchev–Trinajstić information content (AvgIpc) is 2.04. The van der Waals surface area contributed by atoms with E-state index in [4.69, 9.17) is 11.6 Å². The Labute approximate surface area is 77.5 Å². The molecule has 0 fully saturated rings. The van der Waals surface area contributed by atoms with Gasteiger partial charge in [0.25, 0.3) is 0 Å². The third kappa shape index (κ3) is 1.98. The lowest BCUT2D eigenvalue weighted by Gasteiger charge is -2.14. The largest absolute Gasteiger partial charge is 0.378 e. The van der Waals surface area contributed by atoms with E-state index in [1.165, 1.54) is 0 Å². The van der Waals surface area contributed by atoms with Gasteiger partial charge in [0.2, 0.25) is 0 Å². The van der Waals surface area contributed by atoms with Gasteiger partial charge in [-0.25, -0.2) is 4.98 Å². The van der Waals surface area contributed by atoms with Gasteiger partial charge < -0.3 is 4.90 Å². The number of aromatic nitrogens is 1. The van der Waals surface area contributed by atoms with E-state index in [2.05, 4.69) is 11.6 Å². The summed E-state index contributed by atoms with van der Waals surface area (Å²) in [5, 5.41) is 0.505. The van der Waals surface area contributed by atoms with Gasteiger partial charge in [-0.3, -0.25) is 0 Å². The lowest BCUT2D eigenvalue weighted by atomic mass is 10.2. The van der Waals surface area contributed by atoms with Gasteiger partial charge in [-0.05, 0) is 12.1 Å². The molecular formula is C9H11ClN2. The number of hydrogen-bond acceptors (Lipinski definition) is 2. The Hall–Kier alpha value is -1.02. The molecule has 0 N–H and O–H groups in total. The van der Waals surface area contributed by atoms with Crippen LogP contribution >= 0.6 is 11.6 Å². The molecule has 0 radical (unpaired) electrons. The minimum atomic E-state index is 0.505. The Kier molecular flexibility index (Phi) is 2.71. The molecule has 2 nitrogen and oxygen atoms in total. The van der Waals surface area contributed by atoms with Crippen LogP contribution < -0.4 is 0 Å². The molecule has 1 aromatic heterocycles. The van der Waals surface area contributed by atoms with E-state index in [0.717, 1.165) is 11.3 Å². The highest BCUT2D eigenvalue weighted by atomic mass is 35.5. The second-order valence-electron chi connectivity index (χ2n) is 2.71. The minimum absolute atomic E-state index is 0.505. The molecule has 64 valence electrons. The molecule has 0 saturated carbocycles. The monoisotopic (exact) mass is 182 g/mol. The predicted octanol–water partition coefficient (Wildman–Crippen LogP) is 2.27. The Morgan fingerprint density at radius 2 is 2.17 bits per heavy atom. The maximum Gasteiger partial charge on any atom is 0.129 e. The van der Waals surface area contributed by atoms with E-state index < -0.39 is 0 Å². The van der Waals surface area contributed by atoms with E-state index in [-0.39, 0.29) is 0 Å². The molecule has 1 heterocycles. The summed E-state index contributed by atoms with van der Waals surface area (Å²) in [4.78, 5) is 5.90. The van der Waals surface area contributed by atoms with Gasteiger partial charge in [-0.15, -0.1) is 0 Å². The van der Waals surface area contributed by atoms with E-state index in [0.29, 0.717) is 5.15 Å². The second kappa shape index (κ2) is 3.59. The fraction of sp³-hybridized carbons (Fsp3) is 0.222. The molecule has 1 rings (SSSR count). The van der Waals surface area contributed by atoms with Crippen LogP contribution in [0.3, 0.4) is 0 Å². The van der Waals surface area contributed by atoms with Crippen molar-refractivity contribution in [1.82, 2.24) is 9.88 Å². The number of nitrogens with zero attached hydrogens (tertiary/aromatic N) is 2. The maximum atomic E-state index is 5.64. The first-order chi connectivity index (χ1) is 5.61. The van der Waals surface area contributed by atoms with Crippen LogP contribution in [-0.2, 0) is 0 Å². The number of rotatable bonds is 2. The molecular weight excluding hydrogens is 172 g/mol. The third-order valence-corrected chi connectivity index (χ3v) is 1.82. The minimum Gasteiger partial charge on any atom is -0.378 e. The molecule has 0 aliphatic rings. The summed E-state index contributed by atoms with van der Waals surface area (Å²) >= 11 is 5.64. The van der Waals surface area contributed by atoms with Gasteiger partial charge in [-0.2, -0.15) is 0 Å². The Morgan fingerprint density at radius 1 is 1.50 bits per heavy atom. The topological polar surface area (TPSA) is 16.1 Å². The summed E-state index contributed by atoms with van der Waals surface area (Å²) < 4.78 is 0. The van der Waals surface area contributed by atoms with E-state index >= 15 is 0 Å². The smallest absolute Gasteiger partial charge is 0.129 e. The van der Waals surface area contributed by atoms with Gasteiger partial charge >= 0.3 is 0 Å². The van der Waals surface area contributed by atoms with Crippen LogP contribution in [-0.4, -0.2) is 24.0 Å². The van der Waals surface area contributed by atoms with Crippen LogP contribution in [0.5, 0.6) is 0 Å². The van der Waals surface area contributed by atoms with Crippen LogP contribution in [0.1, 0.15) is 5.56 Å². The van der Waals surface area contributed by atoms with Gasteiger partial charge in [0, 0.05) is 31.6 Å². The first-order valence-corrected chi connectivity index (χ1v) is 3.97. The van der Waals surface area contributed by atoms with E-state index in [1.807, 2.05) is 25.1 Å². The zero-order valence-corrected chi connectivity index (χ0v) is 7.97. The summed E-state index contributed by atoms with van der Waals surface area (Å²) in [6.45, 7) is 3.90. The zero-order valence-electron chi connectivity index (χ0n) is 7.21. The molecule has 0 saturated heterocycles. The Bertz CT molecular complexity index is 277. The van der Waals surface area contributed by atoms with E-state index in [1.54, 1.807) is 12.3 Å². The summed E-state index contributed by atoms with van der Waals surface area (Å²) in [7, 11) is 3.88. The van der Waals surface area contributed by atoms with Gasteiger partial charge in [0.05, 0.1) is 0 Å². The maximum absolute atomic E-state index is 5.64. The lowest BCUT2D eigenvalue weighted by molar-refractivity contribution is 0.593. The SMILES string of the molecule is C=C(c1ccc(Cl)nc1)N(C)C. The second-order valence-corrected chi connectivity index (χ2v) is 3.10. The Balaban J connectivity index is 2.90. The van der Waals surface area contributed by atoms with Crippen molar-refractivity contribution in [2.45, 2.75) is 0 Å². The summed E-state index contributed by atoms with van der Waals surface area (Å²) in [6.07, 6.45) is 1.71. The molecule has 12 heavy (non-hydrogen) atoms. The first kappa shape index (κ1) is 9.07. The average molecular weight is 183 g/mol. The van der Waals surface area contributed by atoms with Crippen LogP contribution in [0.25, 0.3) is 5.70 Å². The Morgan fingerprint density at radius 3 is 2.58 bits per heavy atom. The standard InChI is InChI=1S/C9H11ClN2/c1-7(12(2)3)8-4-5-9(10)11-6-8/h4-6H,1H2,2-3H3. The van der Waals surface area contributed by atoms with Gasteiger partial charge in [-0.1, -0.05) is 18.2 Å². The molecule has 0 spiro atoms. The normalized spacial score (nSPS) is 9.58. The number of halogens is 1. The highest BCUT2D eigenvalue weighted by molar-refractivity contribution is 6.29. The predicted molar refractivity (Wildman–Crippen MR) is 52.0 cm³/mol. The molecule has 0 atom stereocenters. The molecule has 3 heteroatoms. The molecule has 0 bridgehead atoms. The van der Waals surface area contributed by atoms with Crippen LogP contribution in [0, 0.1) is 0 Å². The summed E-state index contributed by atoms with van der Waals surface area (Å²) in [5.74, 6) is 0. The zero-order chi connectivity index (χ0) is 9.14. The summed E-state index contributed by atoms with van der Waals surface area (Å²) in [6, 6.07) is 3.66. The fourth-order valence-corrected chi connectivity index (χ4v) is 0.917. The van der Waals surface area contributed by atoms with Crippen molar-refractivity contribution in [3.8, 4) is 0 Å². The molecule has 0 aliphatic heterocycles. The number of hydrogen-bond donors (Lipinski definition) is 0. The van der Waals surface area contributed by atoms with Crippen LogP contribution in [0.15, 0.2) is 24.9 Å². The van der Waals surface area contributed by atoms with Crippen LogP contribution in [0.4, 0.5) is 0 Å². The van der Waals surface area contributed by atoms with Crippen molar-refractivity contribution in [1.29, 1.82) is 0 Å². The summed E-state index contributed by atoms with van der Waals surface area (Å²) in [5.41, 5.74) is 1.92. The van der Waals surface area contributed by atoms with Crippen molar-refractivity contribution in [2.75, 3.05) is 14.1 Å². The molecule has 0 aromatic carbocycles. The van der Waals surface area contributed by atoms with Crippen molar-refractivity contribution in [2.24, 2.45) is 0 Å². The van der Waals surface area contributed by atoms with Crippen molar-refractivity contribution >= 4 is 17.3 Å². The molecule has 0 unspecified atom stereocenters. The molecule has 0 aliphatic carbocycles. The van der Waals surface area contributed by atoms with Gasteiger partial charge in [0.1, 0.15) is 5.15 Å². The molecule has 1 aromatic rings. The van der Waals surface area contributed by atoms with Crippen molar-refractivity contribution in [3.05, 3.63) is 35.6 Å². The quantitative estimate of drug-likeness (QED) is 0.653.